The summed E-state index contributed by atoms with van der Waals surface area (Å²) in [4.78, 5) is 6.61. The average Bonchev–Trinajstić information content (AvgIpc) is 2.69. The number of halogens is 3. The molecule has 2 aromatic rings. The van der Waals surface area contributed by atoms with E-state index < -0.39 is 11.7 Å². The van der Waals surface area contributed by atoms with Crippen molar-refractivity contribution in [2.45, 2.75) is 6.18 Å². The zero-order valence-electron chi connectivity index (χ0n) is 7.55. The van der Waals surface area contributed by atoms with E-state index in [-0.39, 0.29) is 0 Å². The Labute approximate surface area is 83.8 Å². The van der Waals surface area contributed by atoms with Gasteiger partial charge >= 0.3 is 6.18 Å². The molecule has 5 heteroatoms. The van der Waals surface area contributed by atoms with Crippen LogP contribution in [0.5, 0.6) is 0 Å². The zero-order valence-corrected chi connectivity index (χ0v) is 7.55. The Morgan fingerprint density at radius 2 is 1.73 bits per heavy atom. The van der Waals surface area contributed by atoms with E-state index in [0.717, 1.165) is 12.1 Å². The highest BCUT2D eigenvalue weighted by atomic mass is 19.4. The van der Waals surface area contributed by atoms with Crippen molar-refractivity contribution >= 4 is 0 Å². The van der Waals surface area contributed by atoms with E-state index in [1.807, 2.05) is 0 Å². The lowest BCUT2D eigenvalue weighted by Gasteiger charge is -2.06. The molecule has 0 aliphatic carbocycles. The summed E-state index contributed by atoms with van der Waals surface area (Å²) >= 11 is 0. The van der Waals surface area contributed by atoms with Crippen LogP contribution in [0, 0.1) is 0 Å². The number of hydrogen-bond donors (Lipinski definition) is 1. The van der Waals surface area contributed by atoms with Gasteiger partial charge in [0.1, 0.15) is 0 Å². The van der Waals surface area contributed by atoms with E-state index in [9.17, 15) is 13.2 Å². The highest BCUT2D eigenvalue weighted by Crippen LogP contribution is 2.30. The average molecular weight is 212 g/mol. The number of H-pyrrole nitrogens is 1. The molecule has 2 nitrogen and oxygen atoms in total. The Kier molecular flexibility index (Phi) is 2.22. The molecule has 0 atom stereocenters. The van der Waals surface area contributed by atoms with Crippen LogP contribution in [0.3, 0.4) is 0 Å². The Morgan fingerprint density at radius 3 is 2.20 bits per heavy atom. The first-order valence-corrected chi connectivity index (χ1v) is 4.23. The van der Waals surface area contributed by atoms with Crippen LogP contribution in [0.4, 0.5) is 13.2 Å². The quantitative estimate of drug-likeness (QED) is 0.773. The topological polar surface area (TPSA) is 28.7 Å². The van der Waals surface area contributed by atoms with Crippen LogP contribution in [0.25, 0.3) is 11.3 Å². The Hall–Kier alpha value is -1.78. The van der Waals surface area contributed by atoms with Crippen molar-refractivity contribution in [1.82, 2.24) is 9.97 Å². The largest absolute Gasteiger partial charge is 0.416 e. The molecule has 0 spiro atoms. The van der Waals surface area contributed by atoms with Gasteiger partial charge in [0.05, 0.1) is 23.8 Å². The Bertz CT molecular complexity index is 429. The fourth-order valence-electron chi connectivity index (χ4n) is 1.25. The van der Waals surface area contributed by atoms with Crippen molar-refractivity contribution in [3.63, 3.8) is 0 Å². The number of nitrogens with one attached hydrogen (secondary N) is 1. The van der Waals surface area contributed by atoms with Crippen molar-refractivity contribution in [2.75, 3.05) is 0 Å². The minimum atomic E-state index is -4.29. The maximum absolute atomic E-state index is 12.2. The molecule has 78 valence electrons. The first kappa shape index (κ1) is 9.76. The van der Waals surface area contributed by atoms with E-state index in [0.29, 0.717) is 11.3 Å². The molecule has 1 N–H and O–H groups in total. The summed E-state index contributed by atoms with van der Waals surface area (Å²) in [5, 5.41) is 0. The molecule has 0 bridgehead atoms. The second-order valence-electron chi connectivity index (χ2n) is 3.04. The third kappa shape index (κ3) is 2.01. The lowest BCUT2D eigenvalue weighted by molar-refractivity contribution is -0.137. The van der Waals surface area contributed by atoms with Gasteiger partial charge in [0.2, 0.25) is 0 Å². The number of alkyl halides is 3. The van der Waals surface area contributed by atoms with Gasteiger partial charge < -0.3 is 4.98 Å². The number of nitrogens with zero attached hydrogens (tertiary/aromatic N) is 1. The molecule has 0 fully saturated rings. The van der Waals surface area contributed by atoms with Crippen molar-refractivity contribution in [1.29, 1.82) is 0 Å². The van der Waals surface area contributed by atoms with E-state index in [2.05, 4.69) is 9.97 Å². The van der Waals surface area contributed by atoms with Crippen LogP contribution in [0.2, 0.25) is 0 Å². The van der Waals surface area contributed by atoms with Crippen molar-refractivity contribution in [3.8, 4) is 11.3 Å². The van der Waals surface area contributed by atoms with Crippen LogP contribution in [-0.4, -0.2) is 9.97 Å². The molecule has 0 amide bonds. The van der Waals surface area contributed by atoms with Gasteiger partial charge in [0, 0.05) is 0 Å². The standard InChI is InChI=1S/C10H7F3N2/c11-10(12,13)8-3-1-7(2-4-8)9-5-14-6-15-9/h1-6H,(H,14,15). The molecule has 0 aliphatic rings. The third-order valence-corrected chi connectivity index (χ3v) is 2.02. The first-order chi connectivity index (χ1) is 7.07. The first-order valence-electron chi connectivity index (χ1n) is 4.23. The van der Waals surface area contributed by atoms with Gasteiger partial charge in [-0.3, -0.25) is 0 Å². The number of benzene rings is 1. The third-order valence-electron chi connectivity index (χ3n) is 2.02. The maximum Gasteiger partial charge on any atom is 0.416 e. The SMILES string of the molecule is FC(F)(F)c1ccc(-c2cnc[nH]2)cc1. The lowest BCUT2D eigenvalue weighted by atomic mass is 10.1. The molecule has 0 radical (unpaired) electrons. The molecule has 1 aromatic carbocycles. The molecule has 1 heterocycles. The summed E-state index contributed by atoms with van der Waals surface area (Å²) < 4.78 is 36.7. The molecule has 15 heavy (non-hydrogen) atoms. The summed E-state index contributed by atoms with van der Waals surface area (Å²) in [5.41, 5.74) is 0.731. The summed E-state index contributed by atoms with van der Waals surface area (Å²) in [5.74, 6) is 0. The lowest BCUT2D eigenvalue weighted by Crippen LogP contribution is -2.03. The molecule has 0 saturated heterocycles. The molecule has 0 unspecified atom stereocenters. The van der Waals surface area contributed by atoms with Crippen molar-refractivity contribution < 1.29 is 13.2 Å². The zero-order chi connectivity index (χ0) is 10.9. The highest BCUT2D eigenvalue weighted by Gasteiger charge is 2.29. The summed E-state index contributed by atoms with van der Waals surface area (Å²) in [6, 6.07) is 4.93. The van der Waals surface area contributed by atoms with E-state index in [1.165, 1.54) is 18.5 Å². The Morgan fingerprint density at radius 1 is 1.07 bits per heavy atom. The highest BCUT2D eigenvalue weighted by molar-refractivity contribution is 5.58. The molecule has 0 saturated carbocycles. The number of hydrogen-bond acceptors (Lipinski definition) is 1. The van der Waals surface area contributed by atoms with Crippen LogP contribution < -0.4 is 0 Å². The second-order valence-corrected chi connectivity index (χ2v) is 3.04. The molecule has 2 rings (SSSR count). The smallest absolute Gasteiger partial charge is 0.345 e. The number of aromatic nitrogens is 2. The van der Waals surface area contributed by atoms with Crippen LogP contribution in [-0.2, 0) is 6.18 Å². The summed E-state index contributed by atoms with van der Waals surface area (Å²) in [7, 11) is 0. The van der Waals surface area contributed by atoms with Gasteiger partial charge in [-0.2, -0.15) is 13.2 Å². The van der Waals surface area contributed by atoms with Gasteiger partial charge in [-0.15, -0.1) is 0 Å². The maximum atomic E-state index is 12.2. The van der Waals surface area contributed by atoms with Crippen LogP contribution in [0.1, 0.15) is 5.56 Å². The minimum Gasteiger partial charge on any atom is -0.345 e. The predicted molar refractivity (Wildman–Crippen MR) is 49.0 cm³/mol. The van der Waals surface area contributed by atoms with Crippen LogP contribution >= 0.6 is 0 Å². The van der Waals surface area contributed by atoms with E-state index >= 15 is 0 Å². The van der Waals surface area contributed by atoms with Gasteiger partial charge in [-0.05, 0) is 17.7 Å². The van der Waals surface area contributed by atoms with Crippen LogP contribution in [0.15, 0.2) is 36.8 Å². The molecule has 1 aromatic heterocycles. The van der Waals surface area contributed by atoms with Gasteiger partial charge in [0.25, 0.3) is 0 Å². The Balaban J connectivity index is 2.33. The normalized spacial score (nSPS) is 11.7. The number of rotatable bonds is 1. The van der Waals surface area contributed by atoms with Gasteiger partial charge in [-0.25, -0.2) is 4.98 Å². The fraction of sp³-hybridized carbons (Fsp3) is 0.100. The van der Waals surface area contributed by atoms with Crippen molar-refractivity contribution in [2.24, 2.45) is 0 Å². The molecule has 0 aliphatic heterocycles. The summed E-state index contributed by atoms with van der Waals surface area (Å²) in [6.45, 7) is 0. The van der Waals surface area contributed by atoms with E-state index in [1.54, 1.807) is 6.20 Å². The monoisotopic (exact) mass is 212 g/mol. The number of imidazole rings is 1. The minimum absolute atomic E-state index is 0.647. The van der Waals surface area contributed by atoms with Gasteiger partial charge in [0.15, 0.2) is 0 Å². The number of aromatic amines is 1. The van der Waals surface area contributed by atoms with Gasteiger partial charge in [-0.1, -0.05) is 12.1 Å². The van der Waals surface area contributed by atoms with Crippen molar-refractivity contribution in [3.05, 3.63) is 42.4 Å². The van der Waals surface area contributed by atoms with E-state index in [4.69, 9.17) is 0 Å². The fourth-order valence-corrected chi connectivity index (χ4v) is 1.25. The molecular formula is C10H7F3N2. The second kappa shape index (κ2) is 3.42. The molecular weight excluding hydrogens is 205 g/mol. The predicted octanol–water partition coefficient (Wildman–Crippen LogP) is 3.10. The summed E-state index contributed by atoms with van der Waals surface area (Å²) in [6.07, 6.45) is -1.25.